The van der Waals surface area contributed by atoms with E-state index in [1.165, 1.54) is 19.2 Å². The van der Waals surface area contributed by atoms with Gasteiger partial charge in [0, 0.05) is 6.92 Å². The molecule has 0 aliphatic rings. The molecule has 2 amide bonds. The van der Waals surface area contributed by atoms with E-state index in [4.69, 9.17) is 5.11 Å². The number of carboxylic acids is 1. The van der Waals surface area contributed by atoms with Crippen molar-refractivity contribution in [3.05, 3.63) is 24.0 Å². The summed E-state index contributed by atoms with van der Waals surface area (Å²) >= 11 is 0. The van der Waals surface area contributed by atoms with Gasteiger partial charge in [0.25, 0.3) is 0 Å². The molecule has 1 unspecified atom stereocenters. The molecule has 0 saturated heterocycles. The van der Waals surface area contributed by atoms with Crippen molar-refractivity contribution in [2.75, 3.05) is 5.32 Å². The number of amides is 2. The van der Waals surface area contributed by atoms with Crippen molar-refractivity contribution < 1.29 is 19.5 Å². The first-order valence-electron chi connectivity index (χ1n) is 5.63. The maximum Gasteiger partial charge on any atom is 0.309 e. The van der Waals surface area contributed by atoms with Crippen LogP contribution in [0.5, 0.6) is 0 Å². The van der Waals surface area contributed by atoms with Gasteiger partial charge in [-0.05, 0) is 19.1 Å². The van der Waals surface area contributed by atoms with E-state index in [9.17, 15) is 14.4 Å². The van der Waals surface area contributed by atoms with Gasteiger partial charge >= 0.3 is 5.97 Å². The Morgan fingerprint density at radius 1 is 1.37 bits per heavy atom. The highest BCUT2D eigenvalue weighted by molar-refractivity contribution is 5.96. The molecule has 1 rings (SSSR count). The number of nitrogens with zero attached hydrogens (tertiary/aromatic N) is 1. The SMILES string of the molecule is CC(=O)NC(C)C(=O)Nc1ccc(CC(=O)O)nc1. The van der Waals surface area contributed by atoms with Crippen LogP contribution >= 0.6 is 0 Å². The highest BCUT2D eigenvalue weighted by Gasteiger charge is 2.13. The second-order valence-corrected chi connectivity index (χ2v) is 4.02. The van der Waals surface area contributed by atoms with Crippen LogP contribution in [-0.4, -0.2) is 33.9 Å². The fraction of sp³-hybridized carbons (Fsp3) is 0.333. The molecule has 0 saturated carbocycles. The van der Waals surface area contributed by atoms with Gasteiger partial charge in [0.15, 0.2) is 0 Å². The molecule has 1 atom stereocenters. The van der Waals surface area contributed by atoms with E-state index < -0.39 is 12.0 Å². The third kappa shape index (κ3) is 5.15. The Labute approximate surface area is 110 Å². The second-order valence-electron chi connectivity index (χ2n) is 4.02. The molecule has 1 aromatic heterocycles. The first-order chi connectivity index (χ1) is 8.88. The Hall–Kier alpha value is -2.44. The standard InChI is InChI=1S/C12H15N3O4/c1-7(14-8(2)16)12(19)15-10-4-3-9(13-6-10)5-11(17)18/h3-4,6-7H,5H2,1-2H3,(H,14,16)(H,15,19)(H,17,18). The molecule has 1 heterocycles. The van der Waals surface area contributed by atoms with Gasteiger partial charge in [0.1, 0.15) is 6.04 Å². The lowest BCUT2D eigenvalue weighted by Crippen LogP contribution is -2.40. The van der Waals surface area contributed by atoms with Crippen molar-refractivity contribution in [2.24, 2.45) is 0 Å². The molecule has 3 N–H and O–H groups in total. The number of carbonyl (C=O) groups excluding carboxylic acids is 2. The molecular weight excluding hydrogens is 250 g/mol. The average Bonchev–Trinajstić information content (AvgIpc) is 2.30. The summed E-state index contributed by atoms with van der Waals surface area (Å²) < 4.78 is 0. The van der Waals surface area contributed by atoms with E-state index in [1.54, 1.807) is 13.0 Å². The Morgan fingerprint density at radius 3 is 2.53 bits per heavy atom. The van der Waals surface area contributed by atoms with Crippen LogP contribution in [0.3, 0.4) is 0 Å². The summed E-state index contributed by atoms with van der Waals surface area (Å²) in [6.07, 6.45) is 1.20. The number of hydrogen-bond acceptors (Lipinski definition) is 4. The minimum absolute atomic E-state index is 0.170. The quantitative estimate of drug-likeness (QED) is 0.703. The molecule has 0 aromatic carbocycles. The van der Waals surface area contributed by atoms with Crippen molar-refractivity contribution in [1.82, 2.24) is 10.3 Å². The van der Waals surface area contributed by atoms with Gasteiger partial charge in [-0.1, -0.05) is 0 Å². The predicted octanol–water partition coefficient (Wildman–Crippen LogP) is 0.172. The average molecular weight is 265 g/mol. The van der Waals surface area contributed by atoms with Crippen LogP contribution in [0, 0.1) is 0 Å². The molecule has 0 fully saturated rings. The fourth-order valence-electron chi connectivity index (χ4n) is 1.38. The van der Waals surface area contributed by atoms with Crippen molar-refractivity contribution in [3.8, 4) is 0 Å². The Kier molecular flexibility index (Phi) is 4.99. The molecule has 0 bridgehead atoms. The van der Waals surface area contributed by atoms with Crippen molar-refractivity contribution in [1.29, 1.82) is 0 Å². The van der Waals surface area contributed by atoms with Gasteiger partial charge in [-0.15, -0.1) is 0 Å². The molecule has 7 heteroatoms. The molecule has 7 nitrogen and oxygen atoms in total. The zero-order chi connectivity index (χ0) is 14.4. The number of anilines is 1. The van der Waals surface area contributed by atoms with E-state index in [1.807, 2.05) is 0 Å². The topological polar surface area (TPSA) is 108 Å². The van der Waals surface area contributed by atoms with Gasteiger partial charge in [-0.25, -0.2) is 0 Å². The molecular formula is C12H15N3O4. The fourth-order valence-corrected chi connectivity index (χ4v) is 1.38. The third-order valence-electron chi connectivity index (χ3n) is 2.24. The summed E-state index contributed by atoms with van der Waals surface area (Å²) in [6.45, 7) is 2.88. The van der Waals surface area contributed by atoms with Gasteiger partial charge in [-0.2, -0.15) is 0 Å². The number of hydrogen-bond donors (Lipinski definition) is 3. The molecule has 0 spiro atoms. The number of nitrogens with one attached hydrogen (secondary N) is 2. The first-order valence-corrected chi connectivity index (χ1v) is 5.63. The van der Waals surface area contributed by atoms with E-state index >= 15 is 0 Å². The van der Waals surface area contributed by atoms with Crippen molar-refractivity contribution in [3.63, 3.8) is 0 Å². The maximum absolute atomic E-state index is 11.7. The van der Waals surface area contributed by atoms with Crippen LogP contribution in [0.2, 0.25) is 0 Å². The minimum Gasteiger partial charge on any atom is -0.481 e. The minimum atomic E-state index is -0.969. The Bertz CT molecular complexity index is 484. The van der Waals surface area contributed by atoms with Crippen LogP contribution in [-0.2, 0) is 20.8 Å². The number of carbonyl (C=O) groups is 3. The summed E-state index contributed by atoms with van der Waals surface area (Å²) in [7, 11) is 0. The van der Waals surface area contributed by atoms with E-state index in [0.717, 1.165) is 0 Å². The van der Waals surface area contributed by atoms with Crippen LogP contribution < -0.4 is 10.6 Å². The number of rotatable bonds is 5. The first kappa shape index (κ1) is 14.6. The van der Waals surface area contributed by atoms with E-state index in [2.05, 4.69) is 15.6 Å². The summed E-state index contributed by atoms with van der Waals surface area (Å²) in [5.74, 6) is -1.64. The summed E-state index contributed by atoms with van der Waals surface area (Å²) in [6, 6.07) is 2.42. The highest BCUT2D eigenvalue weighted by atomic mass is 16.4. The summed E-state index contributed by atoms with van der Waals surface area (Å²) in [5.41, 5.74) is 0.844. The molecule has 19 heavy (non-hydrogen) atoms. The molecule has 0 aliphatic heterocycles. The monoisotopic (exact) mass is 265 g/mol. The Morgan fingerprint density at radius 2 is 2.05 bits per heavy atom. The van der Waals surface area contributed by atoms with Gasteiger partial charge < -0.3 is 15.7 Å². The van der Waals surface area contributed by atoms with E-state index in [0.29, 0.717) is 11.4 Å². The zero-order valence-corrected chi connectivity index (χ0v) is 10.6. The van der Waals surface area contributed by atoms with Crippen LogP contribution in [0.25, 0.3) is 0 Å². The second kappa shape index (κ2) is 6.48. The van der Waals surface area contributed by atoms with Crippen molar-refractivity contribution in [2.45, 2.75) is 26.3 Å². The van der Waals surface area contributed by atoms with Gasteiger partial charge in [-0.3, -0.25) is 19.4 Å². The van der Waals surface area contributed by atoms with Crippen LogP contribution in [0.4, 0.5) is 5.69 Å². The number of aliphatic carboxylic acids is 1. The maximum atomic E-state index is 11.7. The Balaban J connectivity index is 2.60. The largest absolute Gasteiger partial charge is 0.481 e. The normalized spacial score (nSPS) is 11.5. The molecule has 0 aliphatic carbocycles. The molecule has 102 valence electrons. The van der Waals surface area contributed by atoms with Gasteiger partial charge in [0.2, 0.25) is 11.8 Å². The van der Waals surface area contributed by atoms with E-state index in [-0.39, 0.29) is 18.2 Å². The lowest BCUT2D eigenvalue weighted by molar-refractivity contribution is -0.136. The molecule has 1 aromatic rings. The van der Waals surface area contributed by atoms with Gasteiger partial charge in [0.05, 0.1) is 24.0 Å². The van der Waals surface area contributed by atoms with Crippen molar-refractivity contribution >= 4 is 23.5 Å². The summed E-state index contributed by atoms with van der Waals surface area (Å²) in [4.78, 5) is 36.8. The summed E-state index contributed by atoms with van der Waals surface area (Å²) in [5, 5.41) is 13.6. The number of aromatic nitrogens is 1. The number of pyridine rings is 1. The highest BCUT2D eigenvalue weighted by Crippen LogP contribution is 2.07. The molecule has 0 radical (unpaired) electrons. The van der Waals surface area contributed by atoms with Crippen LogP contribution in [0.15, 0.2) is 18.3 Å². The lowest BCUT2D eigenvalue weighted by atomic mass is 10.2. The number of carboxylic acid groups (broad SMARTS) is 1. The zero-order valence-electron chi connectivity index (χ0n) is 10.6. The smallest absolute Gasteiger partial charge is 0.309 e. The third-order valence-corrected chi connectivity index (χ3v) is 2.24. The predicted molar refractivity (Wildman–Crippen MR) is 67.5 cm³/mol. The van der Waals surface area contributed by atoms with Crippen LogP contribution in [0.1, 0.15) is 19.5 Å². The lowest BCUT2D eigenvalue weighted by Gasteiger charge is -2.12.